The zero-order valence-corrected chi connectivity index (χ0v) is 13.3. The lowest BCUT2D eigenvalue weighted by molar-refractivity contribution is -0.132. The van der Waals surface area contributed by atoms with Crippen molar-refractivity contribution in [2.24, 2.45) is 11.6 Å². The molecule has 26 heavy (non-hydrogen) atoms. The summed E-state index contributed by atoms with van der Waals surface area (Å²) in [6.07, 6.45) is 0. The van der Waals surface area contributed by atoms with Crippen LogP contribution in [0.1, 0.15) is 16.7 Å². The van der Waals surface area contributed by atoms with Gasteiger partial charge in [0.15, 0.2) is 5.70 Å². The van der Waals surface area contributed by atoms with Gasteiger partial charge in [-0.2, -0.15) is 5.26 Å². The Morgan fingerprint density at radius 3 is 2.50 bits per heavy atom. The highest BCUT2D eigenvalue weighted by atomic mass is 19.1. The molecule has 0 saturated heterocycles. The van der Waals surface area contributed by atoms with E-state index >= 15 is 0 Å². The SMILES string of the molecule is N#Cc1cccc(C#Cc2cc(F)cc(O/C(NN)=C(/N)C(=O)O)c2)c1. The normalized spacial score (nSPS) is 10.7. The Morgan fingerprint density at radius 1 is 1.15 bits per heavy atom. The molecule has 0 spiro atoms. The summed E-state index contributed by atoms with van der Waals surface area (Å²) in [5.74, 6) is 8.13. The van der Waals surface area contributed by atoms with Gasteiger partial charge in [-0.15, -0.1) is 0 Å². The Morgan fingerprint density at radius 2 is 1.85 bits per heavy atom. The highest BCUT2D eigenvalue weighted by molar-refractivity contribution is 5.85. The van der Waals surface area contributed by atoms with Crippen LogP contribution >= 0.6 is 0 Å². The van der Waals surface area contributed by atoms with Crippen molar-refractivity contribution in [3.63, 3.8) is 0 Å². The van der Waals surface area contributed by atoms with Crippen LogP contribution in [0.15, 0.2) is 54.0 Å². The number of hydrogen-bond donors (Lipinski definition) is 4. The molecule has 7 nitrogen and oxygen atoms in total. The first-order valence-electron chi connectivity index (χ1n) is 7.13. The van der Waals surface area contributed by atoms with E-state index < -0.39 is 23.4 Å². The number of carboxylic acid groups (broad SMARTS) is 1. The van der Waals surface area contributed by atoms with Gasteiger partial charge in [-0.25, -0.2) is 15.0 Å². The van der Waals surface area contributed by atoms with Crippen molar-refractivity contribution in [2.45, 2.75) is 0 Å². The van der Waals surface area contributed by atoms with Crippen LogP contribution in [0, 0.1) is 29.0 Å². The number of nitriles is 1. The predicted octanol–water partition coefficient (Wildman–Crippen LogP) is 1.15. The largest absolute Gasteiger partial charge is 0.476 e. The van der Waals surface area contributed by atoms with Crippen LogP contribution in [-0.4, -0.2) is 11.1 Å². The van der Waals surface area contributed by atoms with Crippen molar-refractivity contribution in [3.05, 3.63) is 76.6 Å². The third-order valence-electron chi connectivity index (χ3n) is 3.04. The summed E-state index contributed by atoms with van der Waals surface area (Å²) in [4.78, 5) is 10.9. The molecule has 0 bridgehead atoms. The van der Waals surface area contributed by atoms with Crippen LogP contribution in [-0.2, 0) is 4.79 Å². The molecule has 0 amide bonds. The van der Waals surface area contributed by atoms with Gasteiger partial charge in [0, 0.05) is 17.2 Å². The fraction of sp³-hybridized carbons (Fsp3) is 0. The monoisotopic (exact) mass is 352 g/mol. The van der Waals surface area contributed by atoms with Gasteiger partial charge in [-0.05, 0) is 30.3 Å². The Hall–Kier alpha value is -4.01. The summed E-state index contributed by atoms with van der Waals surface area (Å²) < 4.78 is 19.0. The molecule has 0 radical (unpaired) electrons. The van der Waals surface area contributed by atoms with Gasteiger partial charge in [-0.1, -0.05) is 17.9 Å². The summed E-state index contributed by atoms with van der Waals surface area (Å²) in [6.45, 7) is 0. The van der Waals surface area contributed by atoms with Gasteiger partial charge in [0.05, 0.1) is 11.6 Å². The van der Waals surface area contributed by atoms with Crippen LogP contribution in [0.3, 0.4) is 0 Å². The van der Waals surface area contributed by atoms with E-state index in [1.165, 1.54) is 12.1 Å². The number of carbonyl (C=O) groups is 1. The maximum atomic E-state index is 13.8. The molecule has 2 rings (SSSR count). The molecule has 2 aromatic carbocycles. The minimum Gasteiger partial charge on any atom is -0.476 e. The van der Waals surface area contributed by atoms with Crippen molar-refractivity contribution < 1.29 is 19.0 Å². The molecule has 0 aromatic heterocycles. The van der Waals surface area contributed by atoms with E-state index in [1.807, 2.05) is 11.5 Å². The zero-order chi connectivity index (χ0) is 19.1. The lowest BCUT2D eigenvalue weighted by atomic mass is 10.1. The molecular formula is C18H13FN4O3. The summed E-state index contributed by atoms with van der Waals surface area (Å²) in [5.41, 5.74) is 7.96. The van der Waals surface area contributed by atoms with Crippen LogP contribution in [0.4, 0.5) is 4.39 Å². The van der Waals surface area contributed by atoms with E-state index in [2.05, 4.69) is 11.8 Å². The molecule has 0 aliphatic carbocycles. The third-order valence-corrected chi connectivity index (χ3v) is 3.04. The van der Waals surface area contributed by atoms with E-state index in [9.17, 15) is 9.18 Å². The highest BCUT2D eigenvalue weighted by Crippen LogP contribution is 2.18. The first-order valence-corrected chi connectivity index (χ1v) is 7.13. The molecule has 0 unspecified atom stereocenters. The first-order chi connectivity index (χ1) is 12.4. The average molecular weight is 352 g/mol. The highest BCUT2D eigenvalue weighted by Gasteiger charge is 2.13. The van der Waals surface area contributed by atoms with Crippen LogP contribution in [0.25, 0.3) is 0 Å². The van der Waals surface area contributed by atoms with E-state index in [-0.39, 0.29) is 11.3 Å². The number of nitrogens with zero attached hydrogens (tertiary/aromatic N) is 1. The second-order valence-corrected chi connectivity index (χ2v) is 4.91. The zero-order valence-electron chi connectivity index (χ0n) is 13.3. The van der Waals surface area contributed by atoms with Gasteiger partial charge in [0.25, 0.3) is 0 Å². The number of aliphatic carboxylic acids is 1. The van der Waals surface area contributed by atoms with Crippen molar-refractivity contribution >= 4 is 5.97 Å². The van der Waals surface area contributed by atoms with Gasteiger partial charge in [0.2, 0.25) is 5.88 Å². The Bertz CT molecular complexity index is 984. The minimum absolute atomic E-state index is 0.0442. The fourth-order valence-corrected chi connectivity index (χ4v) is 1.88. The minimum atomic E-state index is -1.45. The Kier molecular flexibility index (Phi) is 5.78. The summed E-state index contributed by atoms with van der Waals surface area (Å²) in [6, 6.07) is 12.2. The molecule has 0 heterocycles. The number of hydrazine groups is 1. The third kappa shape index (κ3) is 4.74. The average Bonchev–Trinajstić information content (AvgIpc) is 2.63. The standard InChI is InChI=1S/C18H13FN4O3/c19-14-7-12(5-4-11-2-1-3-13(6-11)10-20)8-15(9-14)26-17(23-22)16(21)18(24)25/h1-3,6-9,23H,21-22H2,(H,24,25)/b17-16+. The van der Waals surface area contributed by atoms with E-state index in [0.29, 0.717) is 11.1 Å². The second kappa shape index (κ2) is 8.20. The van der Waals surface area contributed by atoms with Crippen LogP contribution < -0.4 is 21.7 Å². The number of hydrogen-bond acceptors (Lipinski definition) is 6. The van der Waals surface area contributed by atoms with E-state index in [4.69, 9.17) is 26.7 Å². The molecule has 0 fully saturated rings. The topological polar surface area (TPSA) is 134 Å². The van der Waals surface area contributed by atoms with Crippen LogP contribution in [0.2, 0.25) is 0 Å². The molecule has 0 saturated carbocycles. The number of benzene rings is 2. The fourth-order valence-electron chi connectivity index (χ4n) is 1.88. The number of rotatable bonds is 4. The molecule has 0 atom stereocenters. The van der Waals surface area contributed by atoms with Crippen molar-refractivity contribution in [3.8, 4) is 23.7 Å². The summed E-state index contributed by atoms with van der Waals surface area (Å²) in [5, 5.41) is 17.7. The molecule has 0 aliphatic heterocycles. The Labute approximate surface area is 148 Å². The van der Waals surface area contributed by atoms with Gasteiger partial charge in [-0.3, -0.25) is 5.43 Å². The van der Waals surface area contributed by atoms with Gasteiger partial charge in [0.1, 0.15) is 11.6 Å². The molecule has 130 valence electrons. The smallest absolute Gasteiger partial charge is 0.357 e. The molecular weight excluding hydrogens is 339 g/mol. The van der Waals surface area contributed by atoms with Gasteiger partial charge >= 0.3 is 5.97 Å². The maximum absolute atomic E-state index is 13.8. The number of carboxylic acids is 1. The second-order valence-electron chi connectivity index (χ2n) is 4.91. The predicted molar refractivity (Wildman–Crippen MR) is 90.3 cm³/mol. The lowest BCUT2D eigenvalue weighted by Crippen LogP contribution is -2.31. The van der Waals surface area contributed by atoms with E-state index in [0.717, 1.165) is 6.07 Å². The number of ether oxygens (including phenoxy) is 1. The number of nitrogens with two attached hydrogens (primary N) is 2. The molecule has 2 aromatic rings. The quantitative estimate of drug-likeness (QED) is 0.213. The Balaban J connectivity index is 2.34. The molecule has 6 N–H and O–H groups in total. The number of halogens is 1. The van der Waals surface area contributed by atoms with Crippen molar-refractivity contribution in [1.29, 1.82) is 5.26 Å². The summed E-state index contributed by atoms with van der Waals surface area (Å²) >= 11 is 0. The van der Waals surface area contributed by atoms with Crippen molar-refractivity contribution in [2.75, 3.05) is 0 Å². The molecule has 0 aliphatic rings. The molecule has 8 heteroatoms. The first kappa shape index (κ1) is 18.3. The van der Waals surface area contributed by atoms with E-state index in [1.54, 1.807) is 24.3 Å². The van der Waals surface area contributed by atoms with Crippen LogP contribution in [0.5, 0.6) is 5.75 Å². The summed E-state index contributed by atoms with van der Waals surface area (Å²) in [7, 11) is 0. The number of nitrogens with one attached hydrogen (secondary N) is 1. The maximum Gasteiger partial charge on any atom is 0.357 e. The van der Waals surface area contributed by atoms with Crippen molar-refractivity contribution in [1.82, 2.24) is 5.43 Å². The lowest BCUT2D eigenvalue weighted by Gasteiger charge is -2.11. The van der Waals surface area contributed by atoms with Gasteiger partial charge < -0.3 is 15.6 Å².